The zero-order valence-corrected chi connectivity index (χ0v) is 12.2. The number of fused-ring (bicyclic) bond motifs is 2. The van der Waals surface area contributed by atoms with E-state index < -0.39 is 0 Å². The summed E-state index contributed by atoms with van der Waals surface area (Å²) in [6.45, 7) is 5.68. The Morgan fingerprint density at radius 1 is 1.40 bits per heavy atom. The van der Waals surface area contributed by atoms with Crippen LogP contribution in [0.5, 0.6) is 0 Å². The molecule has 2 aromatic rings. The smallest absolute Gasteiger partial charge is 0.168 e. The molecule has 0 atom stereocenters. The van der Waals surface area contributed by atoms with Gasteiger partial charge in [0.2, 0.25) is 0 Å². The van der Waals surface area contributed by atoms with E-state index in [1.165, 1.54) is 0 Å². The zero-order valence-electron chi connectivity index (χ0n) is 10.6. The van der Waals surface area contributed by atoms with Crippen molar-refractivity contribution >= 4 is 45.2 Å². The highest BCUT2D eigenvalue weighted by Crippen LogP contribution is 2.44. The molecular formula is C15H11ClN2OS. The number of aliphatic imine (C=N–C) groups is 1. The second-order valence-electron chi connectivity index (χ2n) is 4.59. The third-order valence-corrected chi connectivity index (χ3v) is 4.92. The van der Waals surface area contributed by atoms with Gasteiger partial charge < -0.3 is 9.32 Å². The highest BCUT2D eigenvalue weighted by atomic mass is 35.5. The van der Waals surface area contributed by atoms with E-state index in [4.69, 9.17) is 16.0 Å². The molecule has 0 unspecified atom stereocenters. The summed E-state index contributed by atoms with van der Waals surface area (Å²) in [7, 11) is 0. The Morgan fingerprint density at radius 2 is 2.30 bits per heavy atom. The van der Waals surface area contributed by atoms with Crippen molar-refractivity contribution in [1.29, 1.82) is 0 Å². The fraction of sp³-hybridized carbons (Fsp3) is 0.133. The number of halogens is 1. The molecule has 100 valence electrons. The summed E-state index contributed by atoms with van der Waals surface area (Å²) in [5.74, 6) is 0. The molecule has 4 rings (SSSR count). The second-order valence-corrected chi connectivity index (χ2v) is 6.01. The van der Waals surface area contributed by atoms with Crippen LogP contribution in [0.1, 0.15) is 5.56 Å². The fourth-order valence-electron chi connectivity index (χ4n) is 2.65. The minimum Gasteiger partial charge on any atom is -0.463 e. The van der Waals surface area contributed by atoms with Gasteiger partial charge in [0, 0.05) is 22.4 Å². The molecule has 0 fully saturated rings. The lowest BCUT2D eigenvalue weighted by atomic mass is 10.1. The number of thioether (sulfide) groups is 1. The molecule has 0 spiro atoms. The van der Waals surface area contributed by atoms with Crippen molar-refractivity contribution in [3.05, 3.63) is 52.6 Å². The largest absolute Gasteiger partial charge is 0.463 e. The molecule has 20 heavy (non-hydrogen) atoms. The van der Waals surface area contributed by atoms with Gasteiger partial charge in [-0.05, 0) is 23.9 Å². The Labute approximate surface area is 125 Å². The van der Waals surface area contributed by atoms with E-state index in [1.807, 2.05) is 24.3 Å². The Balaban J connectivity index is 1.98. The molecule has 0 N–H and O–H groups in total. The maximum absolute atomic E-state index is 6.19. The normalized spacial score (nSPS) is 17.9. The van der Waals surface area contributed by atoms with Crippen LogP contribution < -0.4 is 0 Å². The number of hydrogen-bond acceptors (Lipinski definition) is 4. The van der Waals surface area contributed by atoms with Gasteiger partial charge in [-0.2, -0.15) is 0 Å². The molecule has 0 aliphatic carbocycles. The summed E-state index contributed by atoms with van der Waals surface area (Å²) >= 11 is 7.86. The van der Waals surface area contributed by atoms with Gasteiger partial charge in [0.1, 0.15) is 0 Å². The molecule has 1 aromatic heterocycles. The van der Waals surface area contributed by atoms with Gasteiger partial charge in [-0.15, -0.1) is 0 Å². The van der Waals surface area contributed by atoms with Crippen molar-refractivity contribution in [3.63, 3.8) is 0 Å². The molecule has 3 nitrogen and oxygen atoms in total. The monoisotopic (exact) mass is 302 g/mol. The van der Waals surface area contributed by atoms with Crippen LogP contribution >= 0.6 is 23.4 Å². The number of benzene rings is 1. The lowest BCUT2D eigenvalue weighted by Gasteiger charge is -2.17. The molecule has 0 bridgehead atoms. The number of rotatable bonds is 2. The molecule has 2 aliphatic heterocycles. The van der Waals surface area contributed by atoms with Crippen LogP contribution in [0.4, 0.5) is 0 Å². The van der Waals surface area contributed by atoms with E-state index >= 15 is 0 Å². The average Bonchev–Trinajstić information content (AvgIpc) is 3.14. The first kappa shape index (κ1) is 12.1. The van der Waals surface area contributed by atoms with Gasteiger partial charge >= 0.3 is 0 Å². The van der Waals surface area contributed by atoms with Gasteiger partial charge in [0.05, 0.1) is 23.5 Å². The summed E-state index contributed by atoms with van der Waals surface area (Å²) in [6, 6.07) is 5.88. The van der Waals surface area contributed by atoms with Gasteiger partial charge in [-0.1, -0.05) is 30.3 Å². The topological polar surface area (TPSA) is 28.7 Å². The van der Waals surface area contributed by atoms with Crippen LogP contribution in [-0.4, -0.2) is 23.2 Å². The minimum absolute atomic E-state index is 0.635. The van der Waals surface area contributed by atoms with Gasteiger partial charge in [0.25, 0.3) is 0 Å². The van der Waals surface area contributed by atoms with Crippen molar-refractivity contribution < 1.29 is 4.42 Å². The van der Waals surface area contributed by atoms with E-state index in [-0.39, 0.29) is 0 Å². The number of allylic oxidation sites excluding steroid dienone is 1. The molecule has 5 heteroatoms. The number of nitrogens with zero attached hydrogens (tertiary/aromatic N) is 2. The molecular weight excluding hydrogens is 292 g/mol. The number of furan rings is 1. The van der Waals surface area contributed by atoms with E-state index in [0.29, 0.717) is 5.02 Å². The lowest BCUT2D eigenvalue weighted by molar-refractivity contribution is 0.615. The summed E-state index contributed by atoms with van der Waals surface area (Å²) in [4.78, 5) is 7.90. The highest BCUT2D eigenvalue weighted by molar-refractivity contribution is 8.17. The van der Waals surface area contributed by atoms with E-state index in [1.54, 1.807) is 18.0 Å². The third-order valence-electron chi connectivity index (χ3n) is 3.52. The fourth-order valence-corrected chi connectivity index (χ4v) is 3.91. The Morgan fingerprint density at radius 3 is 3.15 bits per heavy atom. The SMILES string of the molecule is C=CC1=C(c2ccc(Cl)c3occc23)N2CCN=C2S1. The lowest BCUT2D eigenvalue weighted by Crippen LogP contribution is -2.20. The standard InChI is InChI=1S/C15H11ClN2OS/c1-2-12-13(18-7-6-17-15(18)20-12)9-3-4-11(16)14-10(9)5-8-19-14/h2-5,8H,1,6-7H2. The molecule has 1 aromatic carbocycles. The molecule has 0 saturated carbocycles. The molecule has 0 radical (unpaired) electrons. The molecule has 2 aliphatic rings. The third kappa shape index (κ3) is 1.58. The molecule has 3 heterocycles. The maximum atomic E-state index is 6.19. The van der Waals surface area contributed by atoms with Gasteiger partial charge in [-0.3, -0.25) is 4.99 Å². The minimum atomic E-state index is 0.635. The first-order valence-electron chi connectivity index (χ1n) is 6.32. The average molecular weight is 303 g/mol. The summed E-state index contributed by atoms with van der Waals surface area (Å²) in [5, 5.41) is 2.72. The van der Waals surface area contributed by atoms with Crippen molar-refractivity contribution in [3.8, 4) is 0 Å². The van der Waals surface area contributed by atoms with Crippen LogP contribution in [0.25, 0.3) is 16.7 Å². The van der Waals surface area contributed by atoms with Crippen molar-refractivity contribution in [2.24, 2.45) is 4.99 Å². The quantitative estimate of drug-likeness (QED) is 0.825. The van der Waals surface area contributed by atoms with Crippen LogP contribution in [0, 0.1) is 0 Å². The zero-order chi connectivity index (χ0) is 13.7. The van der Waals surface area contributed by atoms with Crippen molar-refractivity contribution in [1.82, 2.24) is 4.90 Å². The van der Waals surface area contributed by atoms with E-state index in [2.05, 4.69) is 16.5 Å². The highest BCUT2D eigenvalue weighted by Gasteiger charge is 2.32. The predicted molar refractivity (Wildman–Crippen MR) is 84.9 cm³/mol. The van der Waals surface area contributed by atoms with Crippen LogP contribution in [0.15, 0.2) is 51.4 Å². The summed E-state index contributed by atoms with van der Waals surface area (Å²) in [6.07, 6.45) is 3.57. The first-order chi connectivity index (χ1) is 9.79. The number of amidine groups is 1. The number of hydrogen-bond donors (Lipinski definition) is 0. The van der Waals surface area contributed by atoms with Gasteiger partial charge in [0.15, 0.2) is 10.8 Å². The van der Waals surface area contributed by atoms with E-state index in [0.717, 1.165) is 45.4 Å². The molecule has 0 saturated heterocycles. The van der Waals surface area contributed by atoms with Crippen molar-refractivity contribution in [2.75, 3.05) is 13.1 Å². The van der Waals surface area contributed by atoms with E-state index in [9.17, 15) is 0 Å². The van der Waals surface area contributed by atoms with Crippen LogP contribution in [-0.2, 0) is 0 Å². The molecule has 0 amide bonds. The Kier molecular flexibility index (Phi) is 2.69. The predicted octanol–water partition coefficient (Wildman–Crippen LogP) is 4.36. The van der Waals surface area contributed by atoms with Crippen LogP contribution in [0.3, 0.4) is 0 Å². The first-order valence-corrected chi connectivity index (χ1v) is 7.51. The maximum Gasteiger partial charge on any atom is 0.168 e. The van der Waals surface area contributed by atoms with Crippen molar-refractivity contribution in [2.45, 2.75) is 0 Å². The van der Waals surface area contributed by atoms with Gasteiger partial charge in [-0.25, -0.2) is 0 Å². The Hall–Kier alpha value is -1.65. The summed E-state index contributed by atoms with van der Waals surface area (Å²) in [5.41, 5.74) is 3.01. The second kappa shape index (κ2) is 4.43. The van der Waals surface area contributed by atoms with Crippen LogP contribution in [0.2, 0.25) is 5.02 Å². The Bertz CT molecular complexity index is 790. The summed E-state index contributed by atoms with van der Waals surface area (Å²) < 4.78 is 5.49.